The number of nitrogens with two attached hydrogens (primary N) is 1. The van der Waals surface area contributed by atoms with E-state index in [4.69, 9.17) is 16.0 Å². The molecular weight excluding hydrogens is 261 g/mol. The van der Waals surface area contributed by atoms with Crippen molar-refractivity contribution in [3.8, 4) is 0 Å². The quantitative estimate of drug-likeness (QED) is 0.182. The van der Waals surface area contributed by atoms with Crippen LogP contribution in [0.5, 0.6) is 0 Å². The first-order chi connectivity index (χ1) is 9.70. The Morgan fingerprint density at radius 2 is 2.00 bits per heavy atom. The van der Waals surface area contributed by atoms with E-state index in [1.165, 1.54) is 6.07 Å². The van der Waals surface area contributed by atoms with Gasteiger partial charge < -0.3 is 21.4 Å². The summed E-state index contributed by atoms with van der Waals surface area (Å²) in [6.07, 6.45) is 3.86. The zero-order valence-electron chi connectivity index (χ0n) is 11.5. The molecule has 6 heteroatoms. The van der Waals surface area contributed by atoms with Crippen molar-refractivity contribution in [1.82, 2.24) is 5.32 Å². The molecule has 0 spiro atoms. The molecular formula is C14H22FN3O2. The van der Waals surface area contributed by atoms with E-state index in [1.807, 2.05) is 0 Å². The first-order valence-corrected chi connectivity index (χ1v) is 6.77. The lowest BCUT2D eigenvalue weighted by atomic mass is 10.1. The van der Waals surface area contributed by atoms with Crippen LogP contribution in [0, 0.1) is 5.82 Å². The van der Waals surface area contributed by atoms with Crippen molar-refractivity contribution < 1.29 is 14.7 Å². The molecule has 0 unspecified atom stereocenters. The molecule has 0 bridgehead atoms. The van der Waals surface area contributed by atoms with Crippen molar-refractivity contribution in [1.29, 1.82) is 0 Å². The van der Waals surface area contributed by atoms with Crippen LogP contribution in [0.25, 0.3) is 0 Å². The first kappa shape index (κ1) is 16.4. The van der Waals surface area contributed by atoms with Crippen LogP contribution in [0.1, 0.15) is 36.8 Å². The second kappa shape index (κ2) is 9.28. The van der Waals surface area contributed by atoms with Gasteiger partial charge in [-0.25, -0.2) is 4.39 Å². The topological polar surface area (TPSA) is 90.9 Å². The largest absolute Gasteiger partial charge is 0.409 e. The highest BCUT2D eigenvalue weighted by molar-refractivity contribution is 5.97. The van der Waals surface area contributed by atoms with Gasteiger partial charge in [0.15, 0.2) is 5.84 Å². The third kappa shape index (κ3) is 5.14. The SMILES string of the molecule is N/C(=N/O)c1cccc(CNCCCCCCO)c1F. The minimum atomic E-state index is -0.462. The number of benzene rings is 1. The minimum Gasteiger partial charge on any atom is -0.409 e. The number of unbranched alkanes of at least 4 members (excludes halogenated alkanes) is 3. The molecule has 0 aliphatic rings. The van der Waals surface area contributed by atoms with Gasteiger partial charge in [0, 0.05) is 18.7 Å². The van der Waals surface area contributed by atoms with Gasteiger partial charge in [-0.1, -0.05) is 30.1 Å². The van der Waals surface area contributed by atoms with Gasteiger partial charge in [-0.15, -0.1) is 0 Å². The van der Waals surface area contributed by atoms with Crippen molar-refractivity contribution in [3.05, 3.63) is 35.1 Å². The standard InChI is InChI=1S/C14H22FN3O2/c15-13-11(6-5-7-12(13)14(16)18-20)10-17-8-3-1-2-4-9-19/h5-7,17,19-20H,1-4,8-10H2,(H2,16,18). The zero-order chi connectivity index (χ0) is 14.8. The molecule has 0 heterocycles. The predicted octanol–water partition coefficient (Wildman–Crippen LogP) is 1.56. The third-order valence-electron chi connectivity index (χ3n) is 3.04. The summed E-state index contributed by atoms with van der Waals surface area (Å²) in [5.41, 5.74) is 6.00. The lowest BCUT2D eigenvalue weighted by Crippen LogP contribution is -2.19. The average molecular weight is 283 g/mol. The Labute approximate surface area is 118 Å². The van der Waals surface area contributed by atoms with Crippen LogP contribution in [0.3, 0.4) is 0 Å². The van der Waals surface area contributed by atoms with Crippen molar-refractivity contribution >= 4 is 5.84 Å². The van der Waals surface area contributed by atoms with Crippen LogP contribution in [0.2, 0.25) is 0 Å². The molecule has 0 aliphatic carbocycles. The van der Waals surface area contributed by atoms with E-state index in [-0.39, 0.29) is 18.0 Å². The maximum Gasteiger partial charge on any atom is 0.173 e. The number of rotatable bonds is 9. The fourth-order valence-electron chi connectivity index (χ4n) is 1.91. The van der Waals surface area contributed by atoms with E-state index in [0.717, 1.165) is 32.2 Å². The molecule has 0 saturated heterocycles. The Morgan fingerprint density at radius 1 is 1.25 bits per heavy atom. The Balaban J connectivity index is 2.41. The second-order valence-corrected chi connectivity index (χ2v) is 4.58. The number of hydrogen-bond acceptors (Lipinski definition) is 4. The van der Waals surface area contributed by atoms with Crippen LogP contribution >= 0.6 is 0 Å². The van der Waals surface area contributed by atoms with E-state index >= 15 is 0 Å². The van der Waals surface area contributed by atoms with Crippen LogP contribution in [0.4, 0.5) is 4.39 Å². The monoisotopic (exact) mass is 283 g/mol. The average Bonchev–Trinajstić information content (AvgIpc) is 2.47. The summed E-state index contributed by atoms with van der Waals surface area (Å²) in [6, 6.07) is 4.82. The highest BCUT2D eigenvalue weighted by Crippen LogP contribution is 2.12. The van der Waals surface area contributed by atoms with E-state index in [1.54, 1.807) is 12.1 Å². The fourth-order valence-corrected chi connectivity index (χ4v) is 1.91. The van der Waals surface area contributed by atoms with Gasteiger partial charge in [0.2, 0.25) is 0 Å². The fraction of sp³-hybridized carbons (Fsp3) is 0.500. The van der Waals surface area contributed by atoms with Gasteiger partial charge in [-0.2, -0.15) is 0 Å². The molecule has 0 aliphatic heterocycles. The summed E-state index contributed by atoms with van der Waals surface area (Å²) >= 11 is 0. The molecule has 112 valence electrons. The summed E-state index contributed by atoms with van der Waals surface area (Å²) in [4.78, 5) is 0. The maximum atomic E-state index is 14.0. The van der Waals surface area contributed by atoms with E-state index in [0.29, 0.717) is 12.1 Å². The van der Waals surface area contributed by atoms with Gasteiger partial charge in [0.1, 0.15) is 5.82 Å². The number of oxime groups is 1. The van der Waals surface area contributed by atoms with Crippen molar-refractivity contribution in [3.63, 3.8) is 0 Å². The molecule has 0 aromatic heterocycles. The molecule has 1 aromatic carbocycles. The molecule has 5 N–H and O–H groups in total. The Bertz CT molecular complexity index is 438. The summed E-state index contributed by atoms with van der Waals surface area (Å²) in [7, 11) is 0. The Morgan fingerprint density at radius 3 is 2.70 bits per heavy atom. The highest BCUT2D eigenvalue weighted by atomic mass is 19.1. The van der Waals surface area contributed by atoms with Crippen molar-refractivity contribution in [2.45, 2.75) is 32.2 Å². The highest BCUT2D eigenvalue weighted by Gasteiger charge is 2.10. The number of nitrogens with zero attached hydrogens (tertiary/aromatic N) is 1. The van der Waals surface area contributed by atoms with E-state index in [2.05, 4.69) is 10.5 Å². The van der Waals surface area contributed by atoms with Gasteiger partial charge in [0.05, 0.1) is 5.56 Å². The third-order valence-corrected chi connectivity index (χ3v) is 3.04. The maximum absolute atomic E-state index is 14.0. The Hall–Kier alpha value is -1.66. The van der Waals surface area contributed by atoms with Crippen LogP contribution in [0.15, 0.2) is 23.4 Å². The van der Waals surface area contributed by atoms with Crippen LogP contribution in [-0.2, 0) is 6.54 Å². The zero-order valence-corrected chi connectivity index (χ0v) is 11.5. The number of aliphatic hydroxyl groups is 1. The number of hydrogen-bond donors (Lipinski definition) is 4. The summed E-state index contributed by atoms with van der Waals surface area (Å²) < 4.78 is 14.0. The molecule has 0 fully saturated rings. The molecule has 0 saturated carbocycles. The number of amidine groups is 1. The minimum absolute atomic E-state index is 0.106. The summed E-state index contributed by atoms with van der Waals surface area (Å²) in [5, 5.41) is 23.2. The summed E-state index contributed by atoms with van der Waals surface area (Å²) in [5.74, 6) is -0.691. The molecule has 20 heavy (non-hydrogen) atoms. The first-order valence-electron chi connectivity index (χ1n) is 6.77. The molecule has 1 aromatic rings. The van der Waals surface area contributed by atoms with Gasteiger partial charge in [-0.05, 0) is 25.5 Å². The lowest BCUT2D eigenvalue weighted by molar-refractivity contribution is 0.282. The smallest absolute Gasteiger partial charge is 0.173 e. The summed E-state index contributed by atoms with van der Waals surface area (Å²) in [6.45, 7) is 1.43. The lowest BCUT2D eigenvalue weighted by Gasteiger charge is -2.08. The molecule has 0 radical (unpaired) electrons. The van der Waals surface area contributed by atoms with Gasteiger partial charge in [0.25, 0.3) is 0 Å². The van der Waals surface area contributed by atoms with Gasteiger partial charge in [-0.3, -0.25) is 0 Å². The number of nitrogens with one attached hydrogen (secondary N) is 1. The van der Waals surface area contributed by atoms with Crippen molar-refractivity contribution in [2.24, 2.45) is 10.9 Å². The van der Waals surface area contributed by atoms with Gasteiger partial charge >= 0.3 is 0 Å². The second-order valence-electron chi connectivity index (χ2n) is 4.58. The predicted molar refractivity (Wildman–Crippen MR) is 76.2 cm³/mol. The number of aliphatic hydroxyl groups excluding tert-OH is 1. The van der Waals surface area contributed by atoms with E-state index < -0.39 is 5.82 Å². The normalized spacial score (nSPS) is 11.8. The number of halogens is 1. The van der Waals surface area contributed by atoms with Crippen LogP contribution < -0.4 is 11.1 Å². The molecule has 0 atom stereocenters. The van der Waals surface area contributed by atoms with Crippen molar-refractivity contribution in [2.75, 3.05) is 13.2 Å². The molecule has 1 rings (SSSR count). The molecule has 0 amide bonds. The molecule has 5 nitrogen and oxygen atoms in total. The van der Waals surface area contributed by atoms with Crippen LogP contribution in [-0.4, -0.2) is 29.3 Å². The Kier molecular flexibility index (Phi) is 7.60. The van der Waals surface area contributed by atoms with E-state index in [9.17, 15) is 4.39 Å².